The molecule has 3 N–H and O–H groups in total. The molecule has 4 rings (SSSR count). The Morgan fingerprint density at radius 3 is 2.24 bits per heavy atom. The molecular weight excluding hydrogens is 458 g/mol. The first-order valence-electron chi connectivity index (χ1n) is 11.4. The van der Waals surface area contributed by atoms with Crippen LogP contribution in [-0.2, 0) is 19.6 Å². The molecule has 0 bridgehead atoms. The third-order valence-electron chi connectivity index (χ3n) is 6.43. The normalized spacial score (nSPS) is 22.4. The number of fused-ring (bicyclic) bond motifs is 1. The van der Waals surface area contributed by atoms with E-state index in [-0.39, 0.29) is 23.0 Å². The van der Waals surface area contributed by atoms with Crippen molar-refractivity contribution < 1.29 is 28.0 Å². The summed E-state index contributed by atoms with van der Waals surface area (Å²) in [4.78, 5) is 24.1. The fourth-order valence-corrected chi connectivity index (χ4v) is 6.81. The lowest BCUT2D eigenvalue weighted by molar-refractivity contribution is -0.132. The summed E-state index contributed by atoms with van der Waals surface area (Å²) in [6.45, 7) is 3.54. The highest BCUT2D eigenvalue weighted by Crippen LogP contribution is 2.44. The number of amides is 2. The highest BCUT2D eigenvalue weighted by atomic mass is 32.2. The number of hydrogen-bond acceptors (Lipinski definition) is 6. The Hall–Kier alpha value is -2.95. The Morgan fingerprint density at radius 2 is 1.65 bits per heavy atom. The zero-order valence-electron chi connectivity index (χ0n) is 19.1. The van der Waals surface area contributed by atoms with Gasteiger partial charge in [0.15, 0.2) is 0 Å². The topological polar surface area (TPSA) is 125 Å². The van der Waals surface area contributed by atoms with Gasteiger partial charge in [-0.15, -0.1) is 0 Å². The second-order valence-electron chi connectivity index (χ2n) is 9.00. The second kappa shape index (κ2) is 9.73. The van der Waals surface area contributed by atoms with Crippen LogP contribution in [0.3, 0.4) is 0 Å². The molecule has 2 aromatic rings. The number of carbonyl (C=O) groups excluding carboxylic acids is 2. The zero-order chi connectivity index (χ0) is 24.5. The second-order valence-corrected chi connectivity index (χ2v) is 10.8. The largest absolute Gasteiger partial charge is 0.447 e. The Balaban J connectivity index is 1.52. The van der Waals surface area contributed by atoms with Crippen molar-refractivity contribution in [1.82, 2.24) is 9.79 Å². The van der Waals surface area contributed by atoms with Crippen LogP contribution in [0.2, 0.25) is 0 Å². The molecule has 0 radical (unpaired) electrons. The summed E-state index contributed by atoms with van der Waals surface area (Å²) in [7, 11) is -3.93. The summed E-state index contributed by atoms with van der Waals surface area (Å²) < 4.78 is 33.3. The SMILES string of the molecule is CC(C)OC(=O)Nc1ccc(-c2ccc(S(=O)(=O)N3C(C(=O)NO)C[C@H]4CCC[C@H]43)cc2)cc1. The van der Waals surface area contributed by atoms with Crippen LogP contribution >= 0.6 is 0 Å². The van der Waals surface area contributed by atoms with Crippen LogP contribution in [0.5, 0.6) is 0 Å². The molecule has 9 nitrogen and oxygen atoms in total. The van der Waals surface area contributed by atoms with Gasteiger partial charge >= 0.3 is 6.09 Å². The molecule has 1 heterocycles. The van der Waals surface area contributed by atoms with Gasteiger partial charge in [-0.25, -0.2) is 18.7 Å². The van der Waals surface area contributed by atoms with Gasteiger partial charge in [-0.3, -0.25) is 15.3 Å². The number of anilines is 1. The van der Waals surface area contributed by atoms with Gasteiger partial charge in [-0.1, -0.05) is 30.7 Å². The van der Waals surface area contributed by atoms with Crippen molar-refractivity contribution in [1.29, 1.82) is 0 Å². The molecule has 0 spiro atoms. The van der Waals surface area contributed by atoms with E-state index in [4.69, 9.17) is 9.94 Å². The molecule has 0 aromatic heterocycles. The first-order chi connectivity index (χ1) is 16.2. The fourth-order valence-electron chi connectivity index (χ4n) is 4.94. The fraction of sp³-hybridized carbons (Fsp3) is 0.417. The molecule has 34 heavy (non-hydrogen) atoms. The summed E-state index contributed by atoms with van der Waals surface area (Å²) >= 11 is 0. The van der Waals surface area contributed by atoms with Crippen LogP contribution in [0.15, 0.2) is 53.4 Å². The molecule has 1 saturated heterocycles. The lowest BCUT2D eigenvalue weighted by atomic mass is 10.0. The van der Waals surface area contributed by atoms with Gasteiger partial charge in [-0.2, -0.15) is 4.31 Å². The van der Waals surface area contributed by atoms with Crippen LogP contribution in [-0.4, -0.2) is 48.1 Å². The maximum atomic E-state index is 13.5. The highest BCUT2D eigenvalue weighted by Gasteiger charge is 2.52. The standard InChI is InChI=1S/C24H29N3O6S/c1-15(2)33-24(29)25-19-10-6-16(7-11-19)17-8-12-20(13-9-17)34(31,32)27-21-5-3-4-18(21)14-22(27)23(28)26-30/h6-13,15,18,21-22,30H,3-5,14H2,1-2H3,(H,25,29)(H,26,28)/t18-,21-,22?/m1/s1. The number of rotatable bonds is 6. The van der Waals surface area contributed by atoms with Gasteiger partial charge in [0.05, 0.1) is 11.0 Å². The summed E-state index contributed by atoms with van der Waals surface area (Å²) in [5.74, 6) is -0.568. The quantitative estimate of drug-likeness (QED) is 0.421. The molecule has 2 aromatic carbocycles. The lowest BCUT2D eigenvalue weighted by Crippen LogP contribution is -2.48. The number of hydrogen-bond donors (Lipinski definition) is 3. The molecule has 2 aliphatic rings. The van der Waals surface area contributed by atoms with Crippen LogP contribution in [0.1, 0.15) is 39.5 Å². The van der Waals surface area contributed by atoms with Crippen molar-refractivity contribution in [3.05, 3.63) is 48.5 Å². The van der Waals surface area contributed by atoms with E-state index in [9.17, 15) is 18.0 Å². The van der Waals surface area contributed by atoms with Crippen molar-refractivity contribution in [2.75, 3.05) is 5.32 Å². The number of nitrogens with one attached hydrogen (secondary N) is 2. The van der Waals surface area contributed by atoms with Crippen molar-refractivity contribution in [2.24, 2.45) is 5.92 Å². The predicted molar refractivity (Wildman–Crippen MR) is 126 cm³/mol. The summed E-state index contributed by atoms with van der Waals surface area (Å²) in [6, 6.07) is 12.5. The number of benzene rings is 2. The third-order valence-corrected chi connectivity index (χ3v) is 8.38. The van der Waals surface area contributed by atoms with E-state index in [0.29, 0.717) is 18.5 Å². The van der Waals surface area contributed by atoms with Gasteiger partial charge < -0.3 is 4.74 Å². The predicted octanol–water partition coefficient (Wildman–Crippen LogP) is 3.75. The van der Waals surface area contributed by atoms with Gasteiger partial charge in [0.2, 0.25) is 10.0 Å². The Bertz CT molecular complexity index is 1150. The smallest absolute Gasteiger partial charge is 0.411 e. The number of hydroxylamine groups is 1. The number of ether oxygens (including phenoxy) is 1. The molecule has 10 heteroatoms. The monoisotopic (exact) mass is 487 g/mol. The molecule has 2 amide bonds. The average Bonchev–Trinajstić information content (AvgIpc) is 3.40. The van der Waals surface area contributed by atoms with E-state index in [2.05, 4.69) is 5.32 Å². The van der Waals surface area contributed by atoms with E-state index in [1.807, 2.05) is 12.1 Å². The number of sulfonamides is 1. The maximum absolute atomic E-state index is 13.5. The summed E-state index contributed by atoms with van der Waals surface area (Å²) in [5.41, 5.74) is 3.87. The lowest BCUT2D eigenvalue weighted by Gasteiger charge is -2.27. The van der Waals surface area contributed by atoms with E-state index >= 15 is 0 Å². The minimum atomic E-state index is -3.93. The van der Waals surface area contributed by atoms with Crippen molar-refractivity contribution in [2.45, 2.75) is 62.6 Å². The molecular formula is C24H29N3O6S. The molecule has 1 aliphatic carbocycles. The van der Waals surface area contributed by atoms with Crippen LogP contribution in [0.25, 0.3) is 11.1 Å². The summed E-state index contributed by atoms with van der Waals surface area (Å²) in [6.07, 6.45) is 2.18. The molecule has 1 aliphatic heterocycles. The Kier molecular flexibility index (Phi) is 6.92. The van der Waals surface area contributed by atoms with Crippen LogP contribution < -0.4 is 10.8 Å². The number of carbonyl (C=O) groups is 2. The average molecular weight is 488 g/mol. The van der Waals surface area contributed by atoms with E-state index in [0.717, 1.165) is 24.0 Å². The van der Waals surface area contributed by atoms with Gasteiger partial charge in [0.25, 0.3) is 5.91 Å². The van der Waals surface area contributed by atoms with Gasteiger partial charge in [0, 0.05) is 11.7 Å². The van der Waals surface area contributed by atoms with E-state index < -0.39 is 28.1 Å². The van der Waals surface area contributed by atoms with Gasteiger partial charge in [0.1, 0.15) is 6.04 Å². The first kappa shape index (κ1) is 24.2. The number of nitrogens with zero attached hydrogens (tertiary/aromatic N) is 1. The molecule has 1 unspecified atom stereocenters. The van der Waals surface area contributed by atoms with Gasteiger partial charge in [-0.05, 0) is 74.4 Å². The maximum Gasteiger partial charge on any atom is 0.411 e. The Labute approximate surface area is 199 Å². The van der Waals surface area contributed by atoms with E-state index in [1.165, 1.54) is 16.4 Å². The highest BCUT2D eigenvalue weighted by molar-refractivity contribution is 7.89. The van der Waals surface area contributed by atoms with Crippen molar-refractivity contribution >= 4 is 27.7 Å². The minimum absolute atomic E-state index is 0.106. The molecule has 182 valence electrons. The first-order valence-corrected chi connectivity index (χ1v) is 12.8. The van der Waals surface area contributed by atoms with Crippen molar-refractivity contribution in [3.63, 3.8) is 0 Å². The molecule has 1 saturated carbocycles. The molecule has 2 fully saturated rings. The zero-order valence-corrected chi connectivity index (χ0v) is 19.9. The molecule has 3 atom stereocenters. The van der Waals surface area contributed by atoms with Crippen LogP contribution in [0, 0.1) is 5.92 Å². The minimum Gasteiger partial charge on any atom is -0.447 e. The summed E-state index contributed by atoms with van der Waals surface area (Å²) in [5, 5.41) is 11.8. The van der Waals surface area contributed by atoms with Crippen molar-refractivity contribution in [3.8, 4) is 11.1 Å². The Morgan fingerprint density at radius 1 is 1.03 bits per heavy atom. The van der Waals surface area contributed by atoms with Crippen LogP contribution in [0.4, 0.5) is 10.5 Å². The van der Waals surface area contributed by atoms with E-state index in [1.54, 1.807) is 43.6 Å². The third kappa shape index (κ3) is 4.79.